The number of nitrogens with one attached hydrogen (secondary N) is 1. The highest BCUT2D eigenvalue weighted by molar-refractivity contribution is 8.01. The zero-order valence-electron chi connectivity index (χ0n) is 15.7. The topological polar surface area (TPSA) is 57.6 Å². The third-order valence-corrected chi connectivity index (χ3v) is 6.90. The number of para-hydroxylation sites is 1. The molecule has 1 aromatic heterocycles. The minimum Gasteiger partial charge on any atom is -0.372 e. The van der Waals surface area contributed by atoms with E-state index >= 15 is 0 Å². The Morgan fingerprint density at radius 2 is 2.11 bits per heavy atom. The van der Waals surface area contributed by atoms with E-state index in [1.165, 1.54) is 30.3 Å². The number of hydrogen-bond acceptors (Lipinski definition) is 6. The Hall–Kier alpha value is -2.38. The van der Waals surface area contributed by atoms with Crippen molar-refractivity contribution in [3.8, 4) is 0 Å². The molecule has 2 heterocycles. The first-order chi connectivity index (χ1) is 13.7. The van der Waals surface area contributed by atoms with Crippen LogP contribution in [0.4, 0.5) is 5.69 Å². The summed E-state index contributed by atoms with van der Waals surface area (Å²) in [5.41, 5.74) is 7.02. The lowest BCUT2D eigenvalue weighted by molar-refractivity contribution is -0.118. The van der Waals surface area contributed by atoms with Crippen molar-refractivity contribution in [3.63, 3.8) is 0 Å². The number of thioether (sulfide) groups is 1. The number of aryl methyl sites for hydroxylation is 1. The first-order valence-corrected chi connectivity index (χ1v) is 11.1. The van der Waals surface area contributed by atoms with Gasteiger partial charge in [-0.3, -0.25) is 4.79 Å². The second-order valence-electron chi connectivity index (χ2n) is 6.76. The van der Waals surface area contributed by atoms with Crippen molar-refractivity contribution in [2.75, 3.05) is 23.7 Å². The van der Waals surface area contributed by atoms with Gasteiger partial charge in [0, 0.05) is 18.8 Å². The lowest BCUT2D eigenvalue weighted by Crippen LogP contribution is -2.19. The molecule has 144 valence electrons. The summed E-state index contributed by atoms with van der Waals surface area (Å²) in [7, 11) is 0. The number of rotatable bonds is 6. The summed E-state index contributed by atoms with van der Waals surface area (Å²) in [6.45, 7) is 4.34. The van der Waals surface area contributed by atoms with Crippen LogP contribution in [0.3, 0.4) is 0 Å². The third-order valence-electron chi connectivity index (χ3n) is 4.72. The average molecular weight is 411 g/mol. The van der Waals surface area contributed by atoms with Gasteiger partial charge in [0.2, 0.25) is 0 Å². The van der Waals surface area contributed by atoms with Crippen LogP contribution in [-0.4, -0.2) is 35.9 Å². The van der Waals surface area contributed by atoms with E-state index < -0.39 is 0 Å². The van der Waals surface area contributed by atoms with Crippen molar-refractivity contribution in [1.82, 2.24) is 10.4 Å². The predicted octanol–water partition coefficient (Wildman–Crippen LogP) is 4.45. The van der Waals surface area contributed by atoms with Gasteiger partial charge in [-0.15, -0.1) is 11.3 Å². The first kappa shape index (κ1) is 19.0. The SMILES string of the molecule is Cc1cc(N2CCCC2)ccc1/C=N/NC(=O)CSc1nc2ccccc2s1. The van der Waals surface area contributed by atoms with Crippen molar-refractivity contribution in [1.29, 1.82) is 0 Å². The number of benzene rings is 2. The van der Waals surface area contributed by atoms with Crippen molar-refractivity contribution >= 4 is 51.1 Å². The standard InChI is InChI=1S/C21H22N4OS2/c1-15-12-17(25-10-4-5-11-25)9-8-16(15)13-22-24-20(26)14-27-21-23-18-6-2-3-7-19(18)28-21/h2-3,6-9,12-13H,4-5,10-11,14H2,1H3,(H,24,26)/b22-13+. The molecule has 0 atom stereocenters. The van der Waals surface area contributed by atoms with Crippen molar-refractivity contribution < 1.29 is 4.79 Å². The molecule has 1 saturated heterocycles. The van der Waals surface area contributed by atoms with Gasteiger partial charge >= 0.3 is 0 Å². The maximum Gasteiger partial charge on any atom is 0.250 e. The largest absolute Gasteiger partial charge is 0.372 e. The third kappa shape index (κ3) is 4.54. The molecular weight excluding hydrogens is 388 g/mol. The van der Waals surface area contributed by atoms with E-state index in [1.54, 1.807) is 17.6 Å². The molecule has 3 aromatic rings. The molecule has 1 aliphatic rings. The summed E-state index contributed by atoms with van der Waals surface area (Å²) in [4.78, 5) is 19.0. The maximum absolute atomic E-state index is 12.1. The number of amides is 1. The van der Waals surface area contributed by atoms with Crippen LogP contribution in [0.15, 0.2) is 51.9 Å². The number of thiazole rings is 1. The van der Waals surface area contributed by atoms with Crippen LogP contribution < -0.4 is 10.3 Å². The second kappa shape index (κ2) is 8.75. The minimum absolute atomic E-state index is 0.133. The minimum atomic E-state index is -0.133. The Bertz CT molecular complexity index is 976. The second-order valence-corrected chi connectivity index (χ2v) is 9.02. The van der Waals surface area contributed by atoms with Crippen LogP contribution in [0, 0.1) is 6.92 Å². The predicted molar refractivity (Wildman–Crippen MR) is 119 cm³/mol. The van der Waals surface area contributed by atoms with E-state index in [1.807, 2.05) is 24.3 Å². The lowest BCUT2D eigenvalue weighted by Gasteiger charge is -2.18. The Labute approximate surface area is 172 Å². The van der Waals surface area contributed by atoms with Crippen molar-refractivity contribution in [3.05, 3.63) is 53.6 Å². The Kier molecular flexibility index (Phi) is 5.92. The van der Waals surface area contributed by atoms with Gasteiger partial charge in [-0.05, 0) is 55.2 Å². The summed E-state index contributed by atoms with van der Waals surface area (Å²) < 4.78 is 2.03. The van der Waals surface area contributed by atoms with Crippen LogP contribution in [0.25, 0.3) is 10.2 Å². The molecule has 1 amide bonds. The molecule has 1 aliphatic heterocycles. The lowest BCUT2D eigenvalue weighted by atomic mass is 10.1. The molecule has 0 aliphatic carbocycles. The monoisotopic (exact) mass is 410 g/mol. The zero-order valence-corrected chi connectivity index (χ0v) is 17.4. The van der Waals surface area contributed by atoms with Crippen LogP contribution >= 0.6 is 23.1 Å². The van der Waals surface area contributed by atoms with Crippen LogP contribution in [-0.2, 0) is 4.79 Å². The summed E-state index contributed by atoms with van der Waals surface area (Å²) in [6.07, 6.45) is 4.25. The number of nitrogens with zero attached hydrogens (tertiary/aromatic N) is 3. The molecule has 0 unspecified atom stereocenters. The van der Waals surface area contributed by atoms with Gasteiger partial charge in [-0.2, -0.15) is 5.10 Å². The fourth-order valence-corrected chi connectivity index (χ4v) is 5.08. The molecule has 1 N–H and O–H groups in total. The molecule has 0 saturated carbocycles. The van der Waals surface area contributed by atoms with E-state index in [-0.39, 0.29) is 5.91 Å². The molecule has 5 nitrogen and oxygen atoms in total. The maximum atomic E-state index is 12.1. The quantitative estimate of drug-likeness (QED) is 0.371. The number of hydrazone groups is 1. The van der Waals surface area contributed by atoms with Gasteiger partial charge in [0.15, 0.2) is 4.34 Å². The van der Waals surface area contributed by atoms with Gasteiger partial charge < -0.3 is 4.90 Å². The number of hydrogen-bond donors (Lipinski definition) is 1. The summed E-state index contributed by atoms with van der Waals surface area (Å²) in [6, 6.07) is 14.4. The summed E-state index contributed by atoms with van der Waals surface area (Å²) >= 11 is 3.04. The number of anilines is 1. The normalized spacial score (nSPS) is 14.2. The highest BCUT2D eigenvalue weighted by Crippen LogP contribution is 2.29. The van der Waals surface area contributed by atoms with E-state index in [0.717, 1.165) is 38.8 Å². The van der Waals surface area contributed by atoms with Crippen molar-refractivity contribution in [2.24, 2.45) is 5.10 Å². The number of carbonyl (C=O) groups excluding carboxylic acids is 1. The van der Waals surface area contributed by atoms with Crippen molar-refractivity contribution in [2.45, 2.75) is 24.1 Å². The molecule has 0 radical (unpaired) electrons. The average Bonchev–Trinajstić information content (AvgIpc) is 3.37. The van der Waals surface area contributed by atoms with Crippen LogP contribution in [0.2, 0.25) is 0 Å². The fraction of sp³-hybridized carbons (Fsp3) is 0.286. The van der Waals surface area contributed by atoms with Gasteiger partial charge in [-0.25, -0.2) is 10.4 Å². The molecule has 1 fully saturated rings. The molecular formula is C21H22N4OS2. The number of fused-ring (bicyclic) bond motifs is 1. The smallest absolute Gasteiger partial charge is 0.250 e. The summed E-state index contributed by atoms with van der Waals surface area (Å²) in [5.74, 6) is 0.163. The van der Waals surface area contributed by atoms with E-state index in [4.69, 9.17) is 0 Å². The zero-order chi connectivity index (χ0) is 19.3. The van der Waals surface area contributed by atoms with Crippen LogP contribution in [0.5, 0.6) is 0 Å². The Balaban J connectivity index is 1.29. The van der Waals surface area contributed by atoms with E-state index in [2.05, 4.69) is 45.5 Å². The Morgan fingerprint density at radius 1 is 1.29 bits per heavy atom. The highest BCUT2D eigenvalue weighted by Gasteiger charge is 2.12. The highest BCUT2D eigenvalue weighted by atomic mass is 32.2. The fourth-order valence-electron chi connectivity index (χ4n) is 3.22. The molecule has 4 rings (SSSR count). The Morgan fingerprint density at radius 3 is 2.89 bits per heavy atom. The molecule has 0 bridgehead atoms. The van der Waals surface area contributed by atoms with Gasteiger partial charge in [0.05, 0.1) is 22.2 Å². The van der Waals surface area contributed by atoms with Gasteiger partial charge in [0.1, 0.15) is 0 Å². The summed E-state index contributed by atoms with van der Waals surface area (Å²) in [5, 5.41) is 4.12. The van der Waals surface area contributed by atoms with Crippen LogP contribution in [0.1, 0.15) is 24.0 Å². The molecule has 2 aromatic carbocycles. The number of aromatic nitrogens is 1. The first-order valence-electron chi connectivity index (χ1n) is 9.35. The molecule has 7 heteroatoms. The van der Waals surface area contributed by atoms with E-state index in [9.17, 15) is 4.79 Å². The molecule has 28 heavy (non-hydrogen) atoms. The molecule has 0 spiro atoms. The van der Waals surface area contributed by atoms with Gasteiger partial charge in [0.25, 0.3) is 5.91 Å². The van der Waals surface area contributed by atoms with Gasteiger partial charge in [-0.1, -0.05) is 30.0 Å². The number of carbonyl (C=O) groups is 1. The van der Waals surface area contributed by atoms with E-state index in [0.29, 0.717) is 5.75 Å².